The molecule has 0 saturated carbocycles. The molecule has 1 aliphatic heterocycles. The molecule has 2 aromatic rings. The third kappa shape index (κ3) is 3.81. The third-order valence-electron chi connectivity index (χ3n) is 4.33. The van der Waals surface area contributed by atoms with Crippen molar-refractivity contribution >= 4 is 11.8 Å². The van der Waals surface area contributed by atoms with E-state index in [1.54, 1.807) is 37.5 Å². The number of aryl methyl sites for hydroxylation is 1. The smallest absolute Gasteiger partial charge is 0.270 e. The van der Waals surface area contributed by atoms with Gasteiger partial charge >= 0.3 is 0 Å². The monoisotopic (exact) mass is 339 g/mol. The molecule has 3 heterocycles. The van der Waals surface area contributed by atoms with E-state index in [9.17, 15) is 9.59 Å². The van der Waals surface area contributed by atoms with Crippen LogP contribution in [0.1, 0.15) is 53.4 Å². The van der Waals surface area contributed by atoms with Gasteiger partial charge in [-0.3, -0.25) is 14.6 Å². The van der Waals surface area contributed by atoms with Crippen LogP contribution in [-0.4, -0.2) is 38.2 Å². The van der Waals surface area contributed by atoms with E-state index in [-0.39, 0.29) is 17.9 Å². The first-order chi connectivity index (χ1) is 12.1. The highest BCUT2D eigenvalue weighted by atomic mass is 16.2. The summed E-state index contributed by atoms with van der Waals surface area (Å²) in [5.41, 5.74) is 2.01. The Kier molecular flexibility index (Phi) is 5.02. The van der Waals surface area contributed by atoms with Crippen molar-refractivity contribution in [3.05, 3.63) is 53.4 Å². The number of carbonyl (C=O) groups is 2. The SMILES string of the molecule is CC(=O)N1CCCC1c1nc(C)ncc1CNC(=O)c1ccccn1. The normalized spacial score (nSPS) is 16.7. The fourth-order valence-corrected chi connectivity index (χ4v) is 3.13. The van der Waals surface area contributed by atoms with E-state index in [0.717, 1.165) is 30.6 Å². The van der Waals surface area contributed by atoms with Crippen molar-refractivity contribution in [3.63, 3.8) is 0 Å². The third-order valence-corrected chi connectivity index (χ3v) is 4.33. The number of rotatable bonds is 4. The van der Waals surface area contributed by atoms with Crippen molar-refractivity contribution in [2.75, 3.05) is 6.54 Å². The van der Waals surface area contributed by atoms with Gasteiger partial charge in [-0.15, -0.1) is 0 Å². The summed E-state index contributed by atoms with van der Waals surface area (Å²) in [6.45, 7) is 4.44. The lowest BCUT2D eigenvalue weighted by Crippen LogP contribution is -2.31. The molecule has 2 aromatic heterocycles. The summed E-state index contributed by atoms with van der Waals surface area (Å²) in [5, 5.41) is 2.86. The number of carbonyl (C=O) groups excluding carboxylic acids is 2. The molecule has 0 radical (unpaired) electrons. The molecule has 0 spiro atoms. The van der Waals surface area contributed by atoms with Gasteiger partial charge in [0.1, 0.15) is 11.5 Å². The summed E-state index contributed by atoms with van der Waals surface area (Å²) < 4.78 is 0. The highest BCUT2D eigenvalue weighted by molar-refractivity contribution is 5.92. The lowest BCUT2D eigenvalue weighted by atomic mass is 10.1. The fourth-order valence-electron chi connectivity index (χ4n) is 3.13. The number of hydrogen-bond donors (Lipinski definition) is 1. The first kappa shape index (κ1) is 17.0. The second-order valence-corrected chi connectivity index (χ2v) is 6.10. The number of nitrogens with one attached hydrogen (secondary N) is 1. The fraction of sp³-hybridized carbons (Fsp3) is 0.389. The highest BCUT2D eigenvalue weighted by Gasteiger charge is 2.31. The van der Waals surface area contributed by atoms with Gasteiger partial charge in [-0.05, 0) is 31.9 Å². The quantitative estimate of drug-likeness (QED) is 0.917. The van der Waals surface area contributed by atoms with Crippen LogP contribution >= 0.6 is 0 Å². The van der Waals surface area contributed by atoms with E-state index in [4.69, 9.17) is 0 Å². The molecule has 3 rings (SSSR count). The van der Waals surface area contributed by atoms with E-state index >= 15 is 0 Å². The number of hydrogen-bond acceptors (Lipinski definition) is 5. The number of amides is 2. The maximum atomic E-state index is 12.2. The Morgan fingerprint density at radius 2 is 2.16 bits per heavy atom. The van der Waals surface area contributed by atoms with Gasteiger partial charge in [-0.1, -0.05) is 6.07 Å². The maximum absolute atomic E-state index is 12.2. The molecule has 1 aliphatic rings. The number of pyridine rings is 1. The molecule has 2 amide bonds. The van der Waals surface area contributed by atoms with E-state index in [1.165, 1.54) is 0 Å². The Morgan fingerprint density at radius 1 is 1.32 bits per heavy atom. The van der Waals surface area contributed by atoms with Crippen LogP contribution in [0.15, 0.2) is 30.6 Å². The minimum atomic E-state index is -0.248. The van der Waals surface area contributed by atoms with Gasteiger partial charge in [0.15, 0.2) is 0 Å². The second kappa shape index (κ2) is 7.38. The molecule has 1 atom stereocenters. The molecule has 25 heavy (non-hydrogen) atoms. The van der Waals surface area contributed by atoms with Crippen molar-refractivity contribution < 1.29 is 9.59 Å². The molecule has 7 nitrogen and oxygen atoms in total. The lowest BCUT2D eigenvalue weighted by molar-refractivity contribution is -0.129. The molecular weight excluding hydrogens is 318 g/mol. The van der Waals surface area contributed by atoms with Crippen LogP contribution in [0.3, 0.4) is 0 Å². The summed E-state index contributed by atoms with van der Waals surface area (Å²) in [6.07, 6.45) is 5.13. The van der Waals surface area contributed by atoms with Gasteiger partial charge in [0, 0.05) is 38.0 Å². The first-order valence-corrected chi connectivity index (χ1v) is 8.35. The Labute approximate surface area is 146 Å². The molecule has 0 bridgehead atoms. The summed E-state index contributed by atoms with van der Waals surface area (Å²) in [5.74, 6) is 0.453. The van der Waals surface area contributed by atoms with E-state index < -0.39 is 0 Å². The minimum Gasteiger partial charge on any atom is -0.346 e. The van der Waals surface area contributed by atoms with Crippen LogP contribution in [0.25, 0.3) is 0 Å². The molecule has 1 saturated heterocycles. The van der Waals surface area contributed by atoms with Crippen LogP contribution in [0, 0.1) is 6.92 Å². The Balaban J connectivity index is 1.80. The second-order valence-electron chi connectivity index (χ2n) is 6.10. The van der Waals surface area contributed by atoms with Crippen LogP contribution < -0.4 is 5.32 Å². The van der Waals surface area contributed by atoms with Crippen molar-refractivity contribution in [2.45, 2.75) is 39.3 Å². The van der Waals surface area contributed by atoms with Crippen LogP contribution in [-0.2, 0) is 11.3 Å². The zero-order valence-electron chi connectivity index (χ0n) is 14.4. The van der Waals surface area contributed by atoms with Crippen molar-refractivity contribution in [1.29, 1.82) is 0 Å². The Bertz CT molecular complexity index is 778. The molecule has 130 valence electrons. The average Bonchev–Trinajstić information content (AvgIpc) is 3.11. The van der Waals surface area contributed by atoms with Crippen LogP contribution in [0.5, 0.6) is 0 Å². The average molecular weight is 339 g/mol. The zero-order valence-corrected chi connectivity index (χ0v) is 14.4. The van der Waals surface area contributed by atoms with Gasteiger partial charge in [0.25, 0.3) is 5.91 Å². The minimum absolute atomic E-state index is 0.0437. The highest BCUT2D eigenvalue weighted by Crippen LogP contribution is 2.32. The lowest BCUT2D eigenvalue weighted by Gasteiger charge is -2.24. The van der Waals surface area contributed by atoms with Gasteiger partial charge in [0.2, 0.25) is 5.91 Å². The topological polar surface area (TPSA) is 88.1 Å². The number of likely N-dealkylation sites (tertiary alicyclic amines) is 1. The summed E-state index contributed by atoms with van der Waals surface area (Å²) in [4.78, 5) is 38.8. The van der Waals surface area contributed by atoms with Crippen molar-refractivity contribution in [2.24, 2.45) is 0 Å². The Hall–Kier alpha value is -2.83. The molecule has 1 N–H and O–H groups in total. The van der Waals surface area contributed by atoms with E-state index in [1.807, 2.05) is 11.8 Å². The molecule has 0 aliphatic carbocycles. The predicted molar refractivity (Wildman–Crippen MR) is 91.5 cm³/mol. The van der Waals surface area contributed by atoms with Gasteiger partial charge in [-0.25, -0.2) is 9.97 Å². The van der Waals surface area contributed by atoms with Gasteiger partial charge in [-0.2, -0.15) is 0 Å². The largest absolute Gasteiger partial charge is 0.346 e. The number of aromatic nitrogens is 3. The zero-order chi connectivity index (χ0) is 17.8. The molecular formula is C18H21N5O2. The molecule has 1 fully saturated rings. The number of nitrogens with zero attached hydrogens (tertiary/aromatic N) is 4. The predicted octanol–water partition coefficient (Wildman–Crippen LogP) is 1.79. The maximum Gasteiger partial charge on any atom is 0.270 e. The van der Waals surface area contributed by atoms with Gasteiger partial charge < -0.3 is 10.2 Å². The van der Waals surface area contributed by atoms with E-state index in [2.05, 4.69) is 20.3 Å². The van der Waals surface area contributed by atoms with Crippen molar-refractivity contribution in [3.8, 4) is 0 Å². The first-order valence-electron chi connectivity index (χ1n) is 8.35. The summed E-state index contributed by atoms with van der Waals surface area (Å²) in [6, 6.07) is 5.14. The van der Waals surface area contributed by atoms with Crippen molar-refractivity contribution in [1.82, 2.24) is 25.2 Å². The summed E-state index contributed by atoms with van der Waals surface area (Å²) >= 11 is 0. The van der Waals surface area contributed by atoms with Crippen LogP contribution in [0.4, 0.5) is 0 Å². The van der Waals surface area contributed by atoms with E-state index in [0.29, 0.717) is 18.1 Å². The Morgan fingerprint density at radius 3 is 2.88 bits per heavy atom. The molecule has 7 heteroatoms. The standard InChI is InChI=1S/C18H21N5O2/c1-12-20-10-14(11-21-18(25)15-6-3-4-8-19-15)17(22-12)16-7-5-9-23(16)13(2)24/h3-4,6,8,10,16H,5,7,9,11H2,1-2H3,(H,21,25). The van der Waals surface area contributed by atoms with Crippen LogP contribution in [0.2, 0.25) is 0 Å². The molecule has 0 aromatic carbocycles. The molecule has 1 unspecified atom stereocenters. The van der Waals surface area contributed by atoms with Gasteiger partial charge in [0.05, 0.1) is 11.7 Å². The summed E-state index contributed by atoms with van der Waals surface area (Å²) in [7, 11) is 0.